The molecule has 1 aliphatic rings. The SMILES string of the molecule is CNC(=O)C1CN(C(=O)COC(=O)[C@H](C)NS(=O)(=O)c2ccc(OC)cc2)c2ccccc2O1. The molecule has 0 saturated carbocycles. The van der Waals surface area contributed by atoms with Gasteiger partial charge >= 0.3 is 5.97 Å². The molecule has 11 nitrogen and oxygen atoms in total. The first-order valence-corrected chi connectivity index (χ1v) is 11.7. The zero-order chi connectivity index (χ0) is 24.9. The maximum absolute atomic E-state index is 12.8. The van der Waals surface area contributed by atoms with E-state index in [0.717, 1.165) is 0 Å². The fourth-order valence-corrected chi connectivity index (χ4v) is 4.40. The third-order valence-electron chi connectivity index (χ3n) is 5.01. The molecule has 0 saturated heterocycles. The molecule has 2 amide bonds. The number of methoxy groups -OCH3 is 1. The zero-order valence-electron chi connectivity index (χ0n) is 18.8. The molecule has 0 aliphatic carbocycles. The van der Waals surface area contributed by atoms with Crippen LogP contribution in [0.1, 0.15) is 6.92 Å². The standard InChI is InChI=1S/C22H25N3O8S/c1-14(24-34(29,30)16-10-8-15(31-3)9-11-16)22(28)32-13-20(26)25-12-19(21(27)23-2)33-18-7-5-4-6-17(18)25/h4-11,14,19,24H,12-13H2,1-3H3,(H,23,27)/t14-,19?/m0/s1. The summed E-state index contributed by atoms with van der Waals surface area (Å²) in [7, 11) is -1.10. The number of anilines is 1. The Balaban J connectivity index is 1.63. The van der Waals surface area contributed by atoms with Crippen LogP contribution in [0.15, 0.2) is 53.4 Å². The number of amides is 2. The molecule has 3 rings (SSSR count). The number of rotatable bonds is 8. The van der Waals surface area contributed by atoms with E-state index in [1.807, 2.05) is 0 Å². The Morgan fingerprint density at radius 2 is 1.82 bits per heavy atom. The van der Waals surface area contributed by atoms with Crippen molar-refractivity contribution in [3.8, 4) is 11.5 Å². The van der Waals surface area contributed by atoms with Crippen molar-refractivity contribution in [2.75, 3.05) is 32.2 Å². The highest BCUT2D eigenvalue weighted by Gasteiger charge is 2.34. The average molecular weight is 492 g/mol. The van der Waals surface area contributed by atoms with E-state index in [-0.39, 0.29) is 11.4 Å². The lowest BCUT2D eigenvalue weighted by molar-refractivity contribution is -0.149. The van der Waals surface area contributed by atoms with Gasteiger partial charge in [-0.25, -0.2) is 8.42 Å². The van der Waals surface area contributed by atoms with Crippen LogP contribution in [0.5, 0.6) is 11.5 Å². The molecule has 1 aliphatic heterocycles. The minimum atomic E-state index is -4.01. The highest BCUT2D eigenvalue weighted by molar-refractivity contribution is 7.89. The van der Waals surface area contributed by atoms with Gasteiger partial charge in [-0.2, -0.15) is 4.72 Å². The van der Waals surface area contributed by atoms with E-state index in [0.29, 0.717) is 17.2 Å². The minimum absolute atomic E-state index is 0.0609. The second-order valence-corrected chi connectivity index (χ2v) is 9.03. The molecule has 2 aromatic carbocycles. The van der Waals surface area contributed by atoms with Crippen molar-refractivity contribution in [1.29, 1.82) is 0 Å². The molecule has 2 atom stereocenters. The largest absolute Gasteiger partial charge is 0.497 e. The lowest BCUT2D eigenvalue weighted by Gasteiger charge is -2.33. The van der Waals surface area contributed by atoms with E-state index in [1.54, 1.807) is 24.3 Å². The Morgan fingerprint density at radius 1 is 1.15 bits per heavy atom. The number of fused-ring (bicyclic) bond motifs is 1. The number of benzene rings is 2. The summed E-state index contributed by atoms with van der Waals surface area (Å²) in [6.07, 6.45) is -0.935. The normalized spacial score (nSPS) is 16.0. The number of esters is 1. The van der Waals surface area contributed by atoms with E-state index < -0.39 is 46.6 Å². The summed E-state index contributed by atoms with van der Waals surface area (Å²) in [5, 5.41) is 2.47. The number of ether oxygens (including phenoxy) is 3. The van der Waals surface area contributed by atoms with Crippen molar-refractivity contribution in [3.63, 3.8) is 0 Å². The number of carbonyl (C=O) groups excluding carboxylic acids is 3. The molecular formula is C22H25N3O8S. The molecule has 1 heterocycles. The molecule has 0 bridgehead atoms. The van der Waals surface area contributed by atoms with Crippen LogP contribution < -0.4 is 24.4 Å². The summed E-state index contributed by atoms with van der Waals surface area (Å²) >= 11 is 0. The van der Waals surface area contributed by atoms with Crippen LogP contribution in [-0.2, 0) is 29.1 Å². The zero-order valence-corrected chi connectivity index (χ0v) is 19.6. The third-order valence-corrected chi connectivity index (χ3v) is 6.56. The van der Waals surface area contributed by atoms with Crippen LogP contribution in [0.4, 0.5) is 5.69 Å². The number of hydrogen-bond donors (Lipinski definition) is 2. The first-order chi connectivity index (χ1) is 16.2. The number of hydrogen-bond acceptors (Lipinski definition) is 8. The van der Waals surface area contributed by atoms with Crippen LogP contribution in [0, 0.1) is 0 Å². The first kappa shape index (κ1) is 25.0. The predicted octanol–water partition coefficient (Wildman–Crippen LogP) is 0.445. The first-order valence-electron chi connectivity index (χ1n) is 10.3. The van der Waals surface area contributed by atoms with E-state index in [9.17, 15) is 22.8 Å². The van der Waals surface area contributed by atoms with E-state index >= 15 is 0 Å². The molecule has 0 radical (unpaired) electrons. The number of sulfonamides is 1. The smallest absolute Gasteiger partial charge is 0.324 e. The van der Waals surface area contributed by atoms with Crippen LogP contribution in [0.2, 0.25) is 0 Å². The highest BCUT2D eigenvalue weighted by Crippen LogP contribution is 2.33. The Morgan fingerprint density at radius 3 is 2.47 bits per heavy atom. The molecular weight excluding hydrogens is 466 g/mol. The molecule has 0 aromatic heterocycles. The fourth-order valence-electron chi connectivity index (χ4n) is 3.21. The molecule has 34 heavy (non-hydrogen) atoms. The summed E-state index contributed by atoms with van der Waals surface area (Å²) in [6, 6.07) is 11.0. The summed E-state index contributed by atoms with van der Waals surface area (Å²) < 4.78 is 42.9. The van der Waals surface area contributed by atoms with Crippen molar-refractivity contribution in [2.24, 2.45) is 0 Å². The van der Waals surface area contributed by atoms with E-state index in [1.165, 1.54) is 50.2 Å². The van der Waals surface area contributed by atoms with Gasteiger partial charge < -0.3 is 24.4 Å². The number of nitrogens with zero attached hydrogens (tertiary/aromatic N) is 1. The molecule has 182 valence electrons. The van der Waals surface area contributed by atoms with Gasteiger partial charge in [0, 0.05) is 7.05 Å². The quantitative estimate of drug-likeness (QED) is 0.507. The van der Waals surface area contributed by atoms with Gasteiger partial charge in [0.15, 0.2) is 12.7 Å². The summed E-state index contributed by atoms with van der Waals surface area (Å²) in [5.41, 5.74) is 0.428. The van der Waals surface area contributed by atoms with Gasteiger partial charge in [-0.05, 0) is 43.3 Å². The van der Waals surface area contributed by atoms with E-state index in [2.05, 4.69) is 10.0 Å². The van der Waals surface area contributed by atoms with Crippen LogP contribution in [0.25, 0.3) is 0 Å². The second kappa shape index (κ2) is 10.5. The molecule has 2 N–H and O–H groups in total. The fraction of sp³-hybridized carbons (Fsp3) is 0.318. The average Bonchev–Trinajstić information content (AvgIpc) is 2.85. The topological polar surface area (TPSA) is 140 Å². The predicted molar refractivity (Wildman–Crippen MR) is 121 cm³/mol. The maximum Gasteiger partial charge on any atom is 0.324 e. The van der Waals surface area contributed by atoms with Crippen molar-refractivity contribution in [1.82, 2.24) is 10.0 Å². The van der Waals surface area contributed by atoms with Crippen molar-refractivity contribution in [2.45, 2.75) is 24.0 Å². The van der Waals surface area contributed by atoms with Crippen LogP contribution in [-0.4, -0.2) is 65.7 Å². The number of carbonyl (C=O) groups is 3. The number of para-hydroxylation sites is 2. The monoisotopic (exact) mass is 491 g/mol. The lowest BCUT2D eigenvalue weighted by Crippen LogP contribution is -2.51. The minimum Gasteiger partial charge on any atom is -0.497 e. The van der Waals surface area contributed by atoms with Crippen LogP contribution >= 0.6 is 0 Å². The molecule has 2 aromatic rings. The molecule has 12 heteroatoms. The van der Waals surface area contributed by atoms with E-state index in [4.69, 9.17) is 14.2 Å². The van der Waals surface area contributed by atoms with Gasteiger partial charge in [-0.15, -0.1) is 0 Å². The highest BCUT2D eigenvalue weighted by atomic mass is 32.2. The van der Waals surface area contributed by atoms with Crippen LogP contribution in [0.3, 0.4) is 0 Å². The van der Waals surface area contributed by atoms with Crippen molar-refractivity contribution < 1.29 is 37.0 Å². The van der Waals surface area contributed by atoms with Gasteiger partial charge in [0.05, 0.1) is 24.2 Å². The Kier molecular flexibility index (Phi) is 7.74. The van der Waals surface area contributed by atoms with Crippen molar-refractivity contribution in [3.05, 3.63) is 48.5 Å². The van der Waals surface area contributed by atoms with Gasteiger partial charge in [0.25, 0.3) is 11.8 Å². The Bertz CT molecular complexity index is 1170. The Hall–Kier alpha value is -3.64. The molecule has 0 fully saturated rings. The second-order valence-electron chi connectivity index (χ2n) is 7.32. The maximum atomic E-state index is 12.8. The third kappa shape index (κ3) is 5.64. The van der Waals surface area contributed by atoms with Gasteiger partial charge in [-0.1, -0.05) is 12.1 Å². The van der Waals surface area contributed by atoms with Gasteiger partial charge in [0.1, 0.15) is 17.5 Å². The van der Waals surface area contributed by atoms with Gasteiger partial charge in [-0.3, -0.25) is 14.4 Å². The Labute approximate surface area is 197 Å². The molecule has 1 unspecified atom stereocenters. The summed E-state index contributed by atoms with van der Waals surface area (Å²) in [6.45, 7) is 0.578. The lowest BCUT2D eigenvalue weighted by atomic mass is 10.1. The number of likely N-dealkylation sites (N-methyl/N-ethyl adjacent to an activating group) is 1. The van der Waals surface area contributed by atoms with Crippen molar-refractivity contribution >= 4 is 33.5 Å². The summed E-state index contributed by atoms with van der Waals surface area (Å²) in [4.78, 5) is 38.5. The summed E-state index contributed by atoms with van der Waals surface area (Å²) in [5.74, 6) is -1.13. The number of nitrogens with one attached hydrogen (secondary N) is 2. The van der Waals surface area contributed by atoms with Gasteiger partial charge in [0.2, 0.25) is 10.0 Å². The molecule has 0 spiro atoms.